The van der Waals surface area contributed by atoms with Gasteiger partial charge in [0, 0.05) is 27.7 Å². The molecular weight excluding hydrogens is 348 g/mol. The lowest BCUT2D eigenvalue weighted by Gasteiger charge is -2.21. The van der Waals surface area contributed by atoms with E-state index in [4.69, 9.17) is 11.6 Å². The van der Waals surface area contributed by atoms with Crippen LogP contribution in [0.5, 0.6) is 0 Å². The van der Waals surface area contributed by atoms with Gasteiger partial charge in [-0.2, -0.15) is 5.26 Å². The van der Waals surface area contributed by atoms with Crippen molar-refractivity contribution in [2.45, 2.75) is 19.0 Å². The molecule has 6 heteroatoms. The summed E-state index contributed by atoms with van der Waals surface area (Å²) in [5.74, 6) is 0. The van der Waals surface area contributed by atoms with Crippen LogP contribution in [0.3, 0.4) is 0 Å². The summed E-state index contributed by atoms with van der Waals surface area (Å²) in [6.07, 6.45) is 3.39. The molecule has 0 saturated carbocycles. The van der Waals surface area contributed by atoms with E-state index in [9.17, 15) is 10.1 Å². The fourth-order valence-electron chi connectivity index (χ4n) is 3.45. The van der Waals surface area contributed by atoms with Crippen molar-refractivity contribution in [3.63, 3.8) is 0 Å². The number of anilines is 2. The summed E-state index contributed by atoms with van der Waals surface area (Å²) in [4.78, 5) is 20.7. The molecule has 0 N–H and O–H groups in total. The molecule has 26 heavy (non-hydrogen) atoms. The van der Waals surface area contributed by atoms with Crippen molar-refractivity contribution < 1.29 is 4.79 Å². The maximum atomic E-state index is 13.3. The standard InChI is InChI=1S/C20H15ClN4O/c1-13-18(10-22)25(19-12-23-11-14-5-2-3-8-17(14)19)20(26)24(13)16-7-4-6-15(21)9-16/h2-9,11-13,18H,1H3/t13-,18+/m0/s1. The molecule has 128 valence electrons. The fourth-order valence-corrected chi connectivity index (χ4v) is 3.63. The summed E-state index contributed by atoms with van der Waals surface area (Å²) in [5, 5.41) is 12.1. The lowest BCUT2D eigenvalue weighted by atomic mass is 10.1. The Morgan fingerprint density at radius 2 is 1.92 bits per heavy atom. The van der Waals surface area contributed by atoms with E-state index < -0.39 is 6.04 Å². The number of amides is 2. The summed E-state index contributed by atoms with van der Waals surface area (Å²) in [6, 6.07) is 15.8. The van der Waals surface area contributed by atoms with Crippen LogP contribution in [0.15, 0.2) is 60.9 Å². The van der Waals surface area contributed by atoms with Crippen molar-refractivity contribution in [3.8, 4) is 6.07 Å². The number of pyridine rings is 1. The first kappa shape index (κ1) is 16.4. The second-order valence-electron chi connectivity index (χ2n) is 6.20. The van der Waals surface area contributed by atoms with Gasteiger partial charge in [0.15, 0.2) is 0 Å². The predicted octanol–water partition coefficient (Wildman–Crippen LogP) is 4.62. The Kier molecular flexibility index (Phi) is 3.98. The molecule has 1 saturated heterocycles. The number of hydrogen-bond donors (Lipinski definition) is 0. The Morgan fingerprint density at radius 3 is 2.69 bits per heavy atom. The van der Waals surface area contributed by atoms with Crippen LogP contribution < -0.4 is 9.80 Å². The number of fused-ring (bicyclic) bond motifs is 1. The molecule has 2 aromatic carbocycles. The lowest BCUT2D eigenvalue weighted by Crippen LogP contribution is -2.34. The van der Waals surface area contributed by atoms with Gasteiger partial charge in [0.05, 0.1) is 24.0 Å². The van der Waals surface area contributed by atoms with Crippen LogP contribution in [0.4, 0.5) is 16.2 Å². The highest BCUT2D eigenvalue weighted by Crippen LogP contribution is 2.36. The van der Waals surface area contributed by atoms with E-state index >= 15 is 0 Å². The predicted molar refractivity (Wildman–Crippen MR) is 102 cm³/mol. The molecule has 1 aromatic heterocycles. The van der Waals surface area contributed by atoms with E-state index in [2.05, 4.69) is 11.1 Å². The number of rotatable bonds is 2. The topological polar surface area (TPSA) is 60.2 Å². The van der Waals surface area contributed by atoms with Crippen LogP contribution in [0.2, 0.25) is 5.02 Å². The molecule has 2 amide bonds. The SMILES string of the molecule is C[C@H]1[C@@H](C#N)N(c2cncc3ccccc23)C(=O)N1c1cccc(Cl)c1. The summed E-state index contributed by atoms with van der Waals surface area (Å²) in [5.41, 5.74) is 1.31. The van der Waals surface area contributed by atoms with Gasteiger partial charge in [0.25, 0.3) is 0 Å². The molecule has 1 fully saturated rings. The van der Waals surface area contributed by atoms with E-state index in [1.807, 2.05) is 37.3 Å². The van der Waals surface area contributed by atoms with Crippen molar-refractivity contribution in [1.29, 1.82) is 5.26 Å². The largest absolute Gasteiger partial charge is 0.330 e. The second-order valence-corrected chi connectivity index (χ2v) is 6.63. The number of urea groups is 1. The van der Waals surface area contributed by atoms with E-state index in [0.29, 0.717) is 16.4 Å². The number of aromatic nitrogens is 1. The molecule has 0 radical (unpaired) electrons. The number of hydrogen-bond acceptors (Lipinski definition) is 3. The molecule has 0 unspecified atom stereocenters. The second kappa shape index (κ2) is 6.32. The molecule has 2 atom stereocenters. The first-order valence-electron chi connectivity index (χ1n) is 8.22. The summed E-state index contributed by atoms with van der Waals surface area (Å²) in [7, 11) is 0. The average molecular weight is 363 g/mol. The summed E-state index contributed by atoms with van der Waals surface area (Å²) >= 11 is 6.09. The van der Waals surface area contributed by atoms with E-state index in [0.717, 1.165) is 10.8 Å². The fraction of sp³-hybridized carbons (Fsp3) is 0.150. The van der Waals surface area contributed by atoms with Gasteiger partial charge in [-0.1, -0.05) is 41.9 Å². The molecule has 0 aliphatic carbocycles. The molecule has 1 aliphatic heterocycles. The molecule has 0 spiro atoms. The average Bonchev–Trinajstić information content (AvgIpc) is 2.90. The van der Waals surface area contributed by atoms with E-state index in [-0.39, 0.29) is 12.1 Å². The molecule has 4 rings (SSSR count). The van der Waals surface area contributed by atoms with Crippen LogP contribution in [-0.4, -0.2) is 23.1 Å². The minimum atomic E-state index is -0.630. The lowest BCUT2D eigenvalue weighted by molar-refractivity contribution is 0.255. The molecule has 0 bridgehead atoms. The molecule has 1 aliphatic rings. The van der Waals surface area contributed by atoms with Crippen molar-refractivity contribution in [2.75, 3.05) is 9.80 Å². The summed E-state index contributed by atoms with van der Waals surface area (Å²) in [6.45, 7) is 1.87. The Labute approximate surface area is 156 Å². The molecule has 3 aromatic rings. The summed E-state index contributed by atoms with van der Waals surface area (Å²) < 4.78 is 0. The molecule has 2 heterocycles. The monoisotopic (exact) mass is 362 g/mol. The van der Waals surface area contributed by atoms with Gasteiger partial charge in [0.2, 0.25) is 0 Å². The first-order valence-corrected chi connectivity index (χ1v) is 8.60. The van der Waals surface area contributed by atoms with Crippen LogP contribution in [-0.2, 0) is 0 Å². The number of nitriles is 1. The smallest absolute Gasteiger partial charge is 0.288 e. The minimum Gasteiger partial charge on any atom is -0.288 e. The number of carbonyl (C=O) groups excluding carboxylic acids is 1. The van der Waals surface area contributed by atoms with Gasteiger partial charge in [-0.3, -0.25) is 14.8 Å². The van der Waals surface area contributed by atoms with Crippen LogP contribution >= 0.6 is 11.6 Å². The zero-order valence-corrected chi connectivity index (χ0v) is 14.8. The Hall–Kier alpha value is -3.10. The van der Waals surface area contributed by atoms with Crippen molar-refractivity contribution in [2.24, 2.45) is 0 Å². The van der Waals surface area contributed by atoms with Gasteiger partial charge in [-0.15, -0.1) is 0 Å². The van der Waals surface area contributed by atoms with E-state index in [1.54, 1.807) is 35.5 Å². The van der Waals surface area contributed by atoms with Crippen molar-refractivity contribution in [1.82, 2.24) is 4.98 Å². The van der Waals surface area contributed by atoms with Crippen LogP contribution in [0.1, 0.15) is 6.92 Å². The highest BCUT2D eigenvalue weighted by molar-refractivity contribution is 6.31. The zero-order chi connectivity index (χ0) is 18.3. The van der Waals surface area contributed by atoms with E-state index in [1.165, 1.54) is 4.90 Å². The molecule has 5 nitrogen and oxygen atoms in total. The van der Waals surface area contributed by atoms with Crippen molar-refractivity contribution in [3.05, 3.63) is 65.9 Å². The Morgan fingerprint density at radius 1 is 1.12 bits per heavy atom. The van der Waals surface area contributed by atoms with Crippen LogP contribution in [0.25, 0.3) is 10.8 Å². The third-order valence-corrected chi connectivity index (χ3v) is 4.92. The third kappa shape index (κ3) is 2.47. The number of halogens is 1. The minimum absolute atomic E-state index is 0.260. The first-order chi connectivity index (χ1) is 12.6. The molecular formula is C20H15ClN4O. The number of nitrogens with zero attached hydrogens (tertiary/aromatic N) is 4. The number of benzene rings is 2. The third-order valence-electron chi connectivity index (χ3n) is 4.68. The highest BCUT2D eigenvalue weighted by Gasteiger charge is 2.45. The van der Waals surface area contributed by atoms with Gasteiger partial charge >= 0.3 is 6.03 Å². The van der Waals surface area contributed by atoms with Gasteiger partial charge < -0.3 is 0 Å². The van der Waals surface area contributed by atoms with Gasteiger partial charge in [-0.05, 0) is 25.1 Å². The number of carbonyl (C=O) groups is 1. The van der Waals surface area contributed by atoms with Gasteiger partial charge in [-0.25, -0.2) is 4.79 Å². The normalized spacial score (nSPS) is 19.8. The zero-order valence-electron chi connectivity index (χ0n) is 14.0. The van der Waals surface area contributed by atoms with Crippen LogP contribution in [0, 0.1) is 11.3 Å². The Balaban J connectivity index is 1.86. The maximum absolute atomic E-state index is 13.3. The quantitative estimate of drug-likeness (QED) is 0.668. The van der Waals surface area contributed by atoms with Gasteiger partial charge in [0.1, 0.15) is 6.04 Å². The maximum Gasteiger partial charge on any atom is 0.330 e. The van der Waals surface area contributed by atoms with Crippen molar-refractivity contribution >= 4 is 39.8 Å². The highest BCUT2D eigenvalue weighted by atomic mass is 35.5. The Bertz CT molecular complexity index is 1040.